The summed E-state index contributed by atoms with van der Waals surface area (Å²) in [6.45, 7) is 6.53. The smallest absolute Gasteiger partial charge is 0.299 e. The SMILES string of the molecule is C=C1C=C(c2ccc(C(F)(F)F)cc2CN2CCCCC2)Cc2c(Cl)cccc21. The van der Waals surface area contributed by atoms with Crippen molar-refractivity contribution in [3.63, 3.8) is 0 Å². The van der Waals surface area contributed by atoms with Gasteiger partial charge in [-0.25, -0.2) is 0 Å². The quantitative estimate of drug-likeness (QED) is 0.519. The zero-order valence-electron chi connectivity index (χ0n) is 16.2. The Morgan fingerprint density at radius 3 is 2.48 bits per heavy atom. The fraction of sp³-hybridized carbons (Fsp3) is 0.333. The third kappa shape index (κ3) is 4.29. The van der Waals surface area contributed by atoms with Crippen molar-refractivity contribution >= 4 is 22.7 Å². The molecule has 0 N–H and O–H groups in total. The van der Waals surface area contributed by atoms with Crippen LogP contribution in [0.4, 0.5) is 13.2 Å². The van der Waals surface area contributed by atoms with Crippen LogP contribution in [0.25, 0.3) is 11.1 Å². The highest BCUT2D eigenvalue weighted by molar-refractivity contribution is 6.31. The molecule has 1 nitrogen and oxygen atoms in total. The second-order valence-corrected chi connectivity index (χ2v) is 8.25. The van der Waals surface area contributed by atoms with Crippen LogP contribution in [0.5, 0.6) is 0 Å². The highest BCUT2D eigenvalue weighted by atomic mass is 35.5. The Balaban J connectivity index is 1.74. The Bertz CT molecular complexity index is 969. The number of fused-ring (bicyclic) bond motifs is 1. The molecule has 0 unspecified atom stereocenters. The number of likely N-dealkylation sites (tertiary alicyclic amines) is 1. The van der Waals surface area contributed by atoms with Crippen LogP contribution in [-0.2, 0) is 19.1 Å². The van der Waals surface area contributed by atoms with Gasteiger partial charge in [0.1, 0.15) is 0 Å². The molecule has 0 bridgehead atoms. The monoisotopic (exact) mass is 417 g/mol. The van der Waals surface area contributed by atoms with Gasteiger partial charge in [-0.15, -0.1) is 0 Å². The highest BCUT2D eigenvalue weighted by Gasteiger charge is 2.32. The summed E-state index contributed by atoms with van der Waals surface area (Å²) in [5.41, 5.74) is 4.78. The molecule has 1 heterocycles. The van der Waals surface area contributed by atoms with Gasteiger partial charge >= 0.3 is 6.18 Å². The zero-order valence-corrected chi connectivity index (χ0v) is 16.9. The molecule has 2 aliphatic rings. The van der Waals surface area contributed by atoms with E-state index in [0.717, 1.165) is 59.3 Å². The Labute approximate surface area is 174 Å². The molecule has 5 heteroatoms. The van der Waals surface area contributed by atoms with Crippen molar-refractivity contribution in [2.24, 2.45) is 0 Å². The van der Waals surface area contributed by atoms with Gasteiger partial charge in [-0.2, -0.15) is 13.2 Å². The standard InChI is InChI=1S/C24H23ClF3N/c1-16-12-17(14-22-20(16)6-5-7-23(22)25)21-9-8-19(24(26,27)28)13-18(21)15-29-10-3-2-4-11-29/h5-9,12-13H,1-4,10-11,14-15H2. The lowest BCUT2D eigenvalue weighted by Crippen LogP contribution is -2.29. The maximum absolute atomic E-state index is 13.4. The van der Waals surface area contributed by atoms with Crippen molar-refractivity contribution in [2.45, 2.75) is 38.4 Å². The molecule has 0 spiro atoms. The van der Waals surface area contributed by atoms with E-state index in [9.17, 15) is 13.2 Å². The molecule has 0 saturated carbocycles. The third-order valence-electron chi connectivity index (χ3n) is 5.80. The fourth-order valence-electron chi connectivity index (χ4n) is 4.31. The van der Waals surface area contributed by atoms with Gasteiger partial charge < -0.3 is 0 Å². The van der Waals surface area contributed by atoms with Crippen molar-refractivity contribution in [1.29, 1.82) is 0 Å². The van der Waals surface area contributed by atoms with Crippen molar-refractivity contribution in [1.82, 2.24) is 4.90 Å². The summed E-state index contributed by atoms with van der Waals surface area (Å²) in [5.74, 6) is 0. The molecular formula is C24H23ClF3N. The Hall–Kier alpha value is -2.04. The van der Waals surface area contributed by atoms with Gasteiger partial charge in [-0.05, 0) is 77.5 Å². The van der Waals surface area contributed by atoms with Crippen LogP contribution >= 0.6 is 11.6 Å². The van der Waals surface area contributed by atoms with Crippen molar-refractivity contribution in [3.8, 4) is 0 Å². The summed E-state index contributed by atoms with van der Waals surface area (Å²) < 4.78 is 40.1. The molecule has 29 heavy (non-hydrogen) atoms. The number of piperidine rings is 1. The van der Waals surface area contributed by atoms with Crippen LogP contribution < -0.4 is 0 Å². The van der Waals surface area contributed by atoms with Crippen LogP contribution in [0, 0.1) is 0 Å². The van der Waals surface area contributed by atoms with E-state index in [-0.39, 0.29) is 0 Å². The van der Waals surface area contributed by atoms with Gasteiger partial charge in [0.2, 0.25) is 0 Å². The molecule has 152 valence electrons. The molecule has 4 rings (SSSR count). The van der Waals surface area contributed by atoms with Gasteiger partial charge in [-0.1, -0.05) is 48.9 Å². The van der Waals surface area contributed by atoms with E-state index in [0.29, 0.717) is 18.0 Å². The minimum Gasteiger partial charge on any atom is -0.299 e. The molecule has 2 aromatic rings. The summed E-state index contributed by atoms with van der Waals surface area (Å²) >= 11 is 6.42. The Kier molecular flexibility index (Phi) is 5.58. The summed E-state index contributed by atoms with van der Waals surface area (Å²) in [4.78, 5) is 2.25. The van der Waals surface area contributed by atoms with Crippen LogP contribution in [-0.4, -0.2) is 18.0 Å². The lowest BCUT2D eigenvalue weighted by atomic mass is 9.84. The number of benzene rings is 2. The number of hydrogen-bond donors (Lipinski definition) is 0. The van der Waals surface area contributed by atoms with Crippen LogP contribution in [0.15, 0.2) is 49.1 Å². The second-order valence-electron chi connectivity index (χ2n) is 7.84. The molecule has 2 aromatic carbocycles. The molecule has 0 radical (unpaired) electrons. The van der Waals surface area contributed by atoms with E-state index >= 15 is 0 Å². The number of nitrogens with zero attached hydrogens (tertiary/aromatic N) is 1. The summed E-state index contributed by atoms with van der Waals surface area (Å²) in [7, 11) is 0. The minimum atomic E-state index is -4.35. The molecule has 1 saturated heterocycles. The van der Waals surface area contributed by atoms with E-state index < -0.39 is 11.7 Å². The van der Waals surface area contributed by atoms with Crippen molar-refractivity contribution in [3.05, 3.63) is 81.9 Å². The van der Waals surface area contributed by atoms with Gasteiger partial charge in [0, 0.05) is 18.0 Å². The lowest BCUT2D eigenvalue weighted by molar-refractivity contribution is -0.137. The first-order chi connectivity index (χ1) is 13.8. The van der Waals surface area contributed by atoms with Crippen molar-refractivity contribution < 1.29 is 13.2 Å². The zero-order chi connectivity index (χ0) is 20.6. The number of alkyl halides is 3. The molecule has 0 amide bonds. The van der Waals surface area contributed by atoms with E-state index in [1.807, 2.05) is 24.3 Å². The van der Waals surface area contributed by atoms with Crippen LogP contribution in [0.3, 0.4) is 0 Å². The van der Waals surface area contributed by atoms with Crippen LogP contribution in [0.2, 0.25) is 5.02 Å². The minimum absolute atomic E-state index is 0.526. The van der Waals surface area contributed by atoms with E-state index in [4.69, 9.17) is 11.6 Å². The number of halogens is 4. The molecule has 1 fully saturated rings. The summed E-state index contributed by atoms with van der Waals surface area (Å²) in [6, 6.07) is 9.83. The predicted molar refractivity (Wildman–Crippen MR) is 113 cm³/mol. The number of allylic oxidation sites excluding steroid dienone is 3. The average Bonchev–Trinajstić information content (AvgIpc) is 2.69. The summed E-state index contributed by atoms with van der Waals surface area (Å²) in [5, 5.41) is 0.666. The maximum atomic E-state index is 13.4. The lowest BCUT2D eigenvalue weighted by Gasteiger charge is -2.29. The highest BCUT2D eigenvalue weighted by Crippen LogP contribution is 2.39. The fourth-order valence-corrected chi connectivity index (χ4v) is 4.56. The molecule has 0 atom stereocenters. The Morgan fingerprint density at radius 2 is 1.76 bits per heavy atom. The summed E-state index contributed by atoms with van der Waals surface area (Å²) in [6.07, 6.45) is 1.60. The largest absolute Gasteiger partial charge is 0.416 e. The van der Waals surface area contributed by atoms with Crippen LogP contribution in [0.1, 0.15) is 47.1 Å². The first-order valence-electron chi connectivity index (χ1n) is 9.93. The average molecular weight is 418 g/mol. The second kappa shape index (κ2) is 8.00. The van der Waals surface area contributed by atoms with Gasteiger partial charge in [0.25, 0.3) is 0 Å². The molecule has 1 aliphatic carbocycles. The Morgan fingerprint density at radius 1 is 1.00 bits per heavy atom. The normalized spacial score (nSPS) is 17.8. The van der Waals surface area contributed by atoms with Gasteiger partial charge in [0.15, 0.2) is 0 Å². The van der Waals surface area contributed by atoms with E-state index in [1.54, 1.807) is 6.07 Å². The van der Waals surface area contributed by atoms with E-state index in [1.165, 1.54) is 18.6 Å². The molecule has 0 aromatic heterocycles. The number of rotatable bonds is 3. The van der Waals surface area contributed by atoms with E-state index in [2.05, 4.69) is 11.5 Å². The van der Waals surface area contributed by atoms with Gasteiger partial charge in [0.05, 0.1) is 5.56 Å². The molecule has 1 aliphatic heterocycles. The molecular weight excluding hydrogens is 395 g/mol. The van der Waals surface area contributed by atoms with Gasteiger partial charge in [-0.3, -0.25) is 4.90 Å². The number of hydrogen-bond acceptors (Lipinski definition) is 1. The topological polar surface area (TPSA) is 3.24 Å². The predicted octanol–water partition coefficient (Wildman–Crippen LogP) is 7.00. The first-order valence-corrected chi connectivity index (χ1v) is 10.3. The maximum Gasteiger partial charge on any atom is 0.416 e. The van der Waals surface area contributed by atoms with Crippen molar-refractivity contribution in [2.75, 3.05) is 13.1 Å². The first kappa shape index (κ1) is 20.2. The third-order valence-corrected chi connectivity index (χ3v) is 6.16.